The van der Waals surface area contributed by atoms with Gasteiger partial charge in [-0.1, -0.05) is 19.1 Å². The van der Waals surface area contributed by atoms with E-state index in [1.54, 1.807) is 51.1 Å². The van der Waals surface area contributed by atoms with Crippen LogP contribution in [-0.2, 0) is 25.6 Å². The van der Waals surface area contributed by atoms with Crippen LogP contribution < -0.4 is 36.9 Å². The molecule has 2 aliphatic rings. The van der Waals surface area contributed by atoms with Crippen LogP contribution in [0.25, 0.3) is 22.5 Å². The van der Waals surface area contributed by atoms with Crippen LogP contribution in [0.2, 0.25) is 0 Å². The van der Waals surface area contributed by atoms with Crippen molar-refractivity contribution in [2.75, 3.05) is 57.9 Å². The van der Waals surface area contributed by atoms with Crippen LogP contribution in [0.4, 0.5) is 5.69 Å². The molecule has 1 saturated heterocycles. The first kappa shape index (κ1) is 50.9. The Morgan fingerprint density at radius 3 is 2.12 bits per heavy atom. The van der Waals surface area contributed by atoms with Crippen molar-refractivity contribution < 1.29 is 33.4 Å². The third kappa shape index (κ3) is 12.3. The lowest BCUT2D eigenvalue weighted by Crippen LogP contribution is -2.46. The molecule has 7 N–H and O–H groups in total. The van der Waals surface area contributed by atoms with Gasteiger partial charge in [0.2, 0.25) is 11.8 Å². The Labute approximate surface area is 398 Å². The van der Waals surface area contributed by atoms with Gasteiger partial charge < -0.3 is 41.8 Å². The number of fused-ring (bicyclic) bond motifs is 5. The zero-order valence-corrected chi connectivity index (χ0v) is 39.7. The summed E-state index contributed by atoms with van der Waals surface area (Å²) in [6.07, 6.45) is 3.20. The summed E-state index contributed by atoms with van der Waals surface area (Å²) in [4.78, 5) is 84.5. The van der Waals surface area contributed by atoms with Crippen LogP contribution in [0.15, 0.2) is 60.7 Å². The van der Waals surface area contributed by atoms with Crippen LogP contribution in [0.5, 0.6) is 11.5 Å². The molecule has 0 spiro atoms. The van der Waals surface area contributed by atoms with E-state index in [0.29, 0.717) is 56.5 Å². The number of nitrogens with two attached hydrogens (primary N) is 3. The number of likely N-dealkylation sites (N-methyl/N-ethyl adjacent to an activating group) is 1. The van der Waals surface area contributed by atoms with Crippen molar-refractivity contribution >= 4 is 34.9 Å². The van der Waals surface area contributed by atoms with E-state index in [1.165, 1.54) is 31.2 Å². The molecular weight excluding hydrogens is 863 g/mol. The molecule has 4 atom stereocenters. The van der Waals surface area contributed by atoms with Crippen LogP contribution in [0.1, 0.15) is 97.2 Å². The van der Waals surface area contributed by atoms with Gasteiger partial charge in [0.15, 0.2) is 23.2 Å². The summed E-state index contributed by atoms with van der Waals surface area (Å²) >= 11 is 0. The van der Waals surface area contributed by atoms with Crippen LogP contribution >= 0.6 is 0 Å². The first-order chi connectivity index (χ1) is 32.8. The number of anilines is 1. The highest BCUT2D eigenvalue weighted by molar-refractivity contribution is 6.01. The number of nitrogens with one attached hydrogen (secondary N) is 1. The Morgan fingerprint density at radius 2 is 1.50 bits per heavy atom. The number of amides is 2. The van der Waals surface area contributed by atoms with E-state index in [-0.39, 0.29) is 82.9 Å². The molecule has 2 amide bonds. The van der Waals surface area contributed by atoms with Crippen LogP contribution in [-0.4, -0.2) is 103 Å². The van der Waals surface area contributed by atoms with Crippen molar-refractivity contribution in [2.45, 2.75) is 90.6 Å². The Kier molecular flexibility index (Phi) is 17.9. The molecule has 0 unspecified atom stereocenters. The predicted molar refractivity (Wildman–Crippen MR) is 260 cm³/mol. The molecular formula is C52H65N9O7. The second-order valence-electron chi connectivity index (χ2n) is 17.8. The normalized spacial score (nSPS) is 17.9. The lowest BCUT2D eigenvalue weighted by atomic mass is 9.88. The predicted octanol–water partition coefficient (Wildman–Crippen LogP) is 5.34. The smallest absolute Gasteiger partial charge is 0.226 e. The van der Waals surface area contributed by atoms with Crippen molar-refractivity contribution in [1.29, 1.82) is 5.26 Å². The molecule has 16 nitrogen and oxygen atoms in total. The summed E-state index contributed by atoms with van der Waals surface area (Å²) in [6.45, 7) is 8.02. The number of nitrogens with zero attached hydrogens (tertiary/aromatic N) is 5. The van der Waals surface area contributed by atoms with Crippen molar-refractivity contribution in [1.82, 2.24) is 20.2 Å². The number of benzene rings is 3. The number of carbonyl (C=O) groups excluding carboxylic acids is 5. The largest absolute Gasteiger partial charge is 0.492 e. The molecule has 1 fully saturated rings. The number of rotatable bonds is 18. The molecule has 3 aromatic carbocycles. The van der Waals surface area contributed by atoms with Gasteiger partial charge in [0.05, 0.1) is 29.1 Å². The van der Waals surface area contributed by atoms with E-state index in [9.17, 15) is 29.2 Å². The van der Waals surface area contributed by atoms with E-state index >= 15 is 0 Å². The zero-order chi connectivity index (χ0) is 48.9. The average Bonchev–Trinajstić information content (AvgIpc) is 3.33. The van der Waals surface area contributed by atoms with Gasteiger partial charge in [-0.25, -0.2) is 9.97 Å². The monoisotopic (exact) mass is 928 g/mol. The lowest BCUT2D eigenvalue weighted by molar-refractivity contribution is -0.142. The van der Waals surface area contributed by atoms with Gasteiger partial charge in [0.1, 0.15) is 30.8 Å². The Balaban J connectivity index is 1.36. The van der Waals surface area contributed by atoms with Crippen molar-refractivity contribution in [3.05, 3.63) is 88.7 Å². The third-order valence-corrected chi connectivity index (χ3v) is 12.7. The van der Waals surface area contributed by atoms with Gasteiger partial charge >= 0.3 is 0 Å². The maximum absolute atomic E-state index is 14.9. The molecule has 0 aliphatic carbocycles. The summed E-state index contributed by atoms with van der Waals surface area (Å²) in [5, 5.41) is 12.1. The third-order valence-electron chi connectivity index (χ3n) is 12.7. The molecule has 68 heavy (non-hydrogen) atoms. The molecule has 4 bridgehead atoms. The second-order valence-corrected chi connectivity index (χ2v) is 17.8. The van der Waals surface area contributed by atoms with Gasteiger partial charge in [0, 0.05) is 93.1 Å². The van der Waals surface area contributed by atoms with Gasteiger partial charge in [-0.2, -0.15) is 5.26 Å². The highest BCUT2D eigenvalue weighted by Crippen LogP contribution is 2.41. The van der Waals surface area contributed by atoms with Gasteiger partial charge in [-0.05, 0) is 112 Å². The Hall–Kier alpha value is -6.54. The summed E-state index contributed by atoms with van der Waals surface area (Å²) in [7, 11) is 1.51. The molecule has 0 saturated carbocycles. The Morgan fingerprint density at radius 1 is 0.868 bits per heavy atom. The SMILES string of the molecule is Cc1nc(-c2ccc(N3CCCCC3)cc2)nc(C)c1C(=O)C[C@@H](CCN)C(=O)N(C)[C@@H]1C(=O)C[C@@H](C)C(=O)N[C@H](C(=O)CCC#N)Cc2ccc(OCCN)c(c2)-c2cc1ccc2OCCN. The van der Waals surface area contributed by atoms with Gasteiger partial charge in [-0.15, -0.1) is 0 Å². The summed E-state index contributed by atoms with van der Waals surface area (Å²) in [5.74, 6) is -2.65. The second kappa shape index (κ2) is 24.0. The van der Waals surface area contributed by atoms with Gasteiger partial charge in [0.25, 0.3) is 0 Å². The number of ether oxygens (including phenoxy) is 2. The summed E-state index contributed by atoms with van der Waals surface area (Å²) in [6, 6.07) is 18.4. The number of piperidine rings is 1. The fourth-order valence-corrected chi connectivity index (χ4v) is 9.19. The maximum Gasteiger partial charge on any atom is 0.226 e. The lowest BCUT2D eigenvalue weighted by Gasteiger charge is -2.32. The van der Waals surface area contributed by atoms with Crippen LogP contribution in [0.3, 0.4) is 0 Å². The molecule has 6 rings (SSSR count). The Bertz CT molecular complexity index is 2480. The summed E-state index contributed by atoms with van der Waals surface area (Å²) < 4.78 is 12.3. The standard InChI is InChI=1S/C52H65N9O7/c1-32-27-45(64)49(37-13-17-47(68-26-22-56)41(30-37)40-28-35(10-16-46(40)67-25-21-55)29-42(59-51(32)65)43(62)9-8-19-53)60(4)52(66)38(18-20-54)31-44(63)48-33(2)57-50(58-34(48)3)36-11-14-39(15-12-36)61-23-6-5-7-24-61/h10-17,28,30,32,38,42,49H,5-9,18,20-27,29,31,54-56H2,1-4H3,(H,59,65)/t32-,38-,42+,49+/m1/s1. The van der Waals surface area contributed by atoms with Crippen molar-refractivity contribution in [3.63, 3.8) is 0 Å². The number of carbonyl (C=O) groups is 5. The first-order valence-electron chi connectivity index (χ1n) is 23.6. The fraction of sp³-hybridized carbons (Fsp3) is 0.462. The van der Waals surface area contributed by atoms with E-state index in [0.717, 1.165) is 24.3 Å². The van der Waals surface area contributed by atoms with E-state index in [2.05, 4.69) is 22.3 Å². The fourth-order valence-electron chi connectivity index (χ4n) is 9.19. The number of hydrogen-bond donors (Lipinski definition) is 4. The van der Waals surface area contributed by atoms with E-state index in [1.807, 2.05) is 24.3 Å². The van der Waals surface area contributed by atoms with E-state index in [4.69, 9.17) is 36.6 Å². The number of nitriles is 1. The minimum atomic E-state index is -1.24. The zero-order valence-electron chi connectivity index (χ0n) is 39.7. The van der Waals surface area contributed by atoms with E-state index < -0.39 is 41.5 Å². The number of ketones is 3. The van der Waals surface area contributed by atoms with Crippen LogP contribution in [0, 0.1) is 37.0 Å². The maximum atomic E-state index is 14.9. The number of hydrogen-bond acceptors (Lipinski definition) is 14. The quantitative estimate of drug-likeness (QED) is 0.0921. The molecule has 1 aromatic heterocycles. The highest BCUT2D eigenvalue weighted by atomic mass is 16.5. The average molecular weight is 928 g/mol. The number of Topliss-reactive ketones (excluding diaryl/α,β-unsaturated/α-hetero) is 3. The molecule has 360 valence electrons. The molecule has 2 aliphatic heterocycles. The van der Waals surface area contributed by atoms with Gasteiger partial charge in [-0.3, -0.25) is 24.0 Å². The first-order valence-corrected chi connectivity index (χ1v) is 23.6. The molecule has 3 heterocycles. The number of aromatic nitrogens is 2. The molecule has 4 aromatic rings. The topological polar surface area (TPSA) is 250 Å². The highest BCUT2D eigenvalue weighted by Gasteiger charge is 2.36. The number of aryl methyl sites for hydroxylation is 2. The van der Waals surface area contributed by atoms with Crippen molar-refractivity contribution in [2.24, 2.45) is 29.0 Å². The minimum Gasteiger partial charge on any atom is -0.492 e. The molecule has 0 radical (unpaired) electrons. The summed E-state index contributed by atoms with van der Waals surface area (Å²) in [5.41, 5.74) is 23.3. The van der Waals surface area contributed by atoms with Crippen molar-refractivity contribution in [3.8, 4) is 40.1 Å². The minimum absolute atomic E-state index is 0.0307. The molecule has 16 heteroatoms.